The SMILES string of the molecule is CCOc1cc(NC(=O)OC(C)C)cc(SCC(O[C@@H]2O[C@H](CO)[C@@H](O)[C@H](O)[C@H]2O)C(=O)O)c1O. The number of rotatable bonds is 11. The lowest BCUT2D eigenvalue weighted by molar-refractivity contribution is -0.308. The molecule has 0 bridgehead atoms. The molecule has 1 heterocycles. The van der Waals surface area contributed by atoms with Crippen molar-refractivity contribution in [2.75, 3.05) is 24.3 Å². The zero-order chi connectivity index (χ0) is 26.3. The van der Waals surface area contributed by atoms with Crippen LogP contribution in [0.25, 0.3) is 0 Å². The molecule has 2 rings (SSSR count). The summed E-state index contributed by atoms with van der Waals surface area (Å²) in [6, 6.07) is 2.76. The lowest BCUT2D eigenvalue weighted by Gasteiger charge is -2.40. The first kappa shape index (κ1) is 28.9. The number of thioether (sulfide) groups is 1. The van der Waals surface area contributed by atoms with Gasteiger partial charge in [-0.25, -0.2) is 9.59 Å². The van der Waals surface area contributed by atoms with Crippen LogP contribution in [-0.4, -0.2) is 105 Å². The molecule has 1 amide bonds. The van der Waals surface area contributed by atoms with E-state index < -0.39 is 55.5 Å². The standard InChI is InChI=1S/C21H31NO12S/c1-4-31-11-5-10(22-21(30)32-9(2)3)6-14(15(11)24)35-8-13(19(28)29)34-20-18(27)17(26)16(25)12(7-23)33-20/h5-6,9,12-13,16-18,20,23-27H,4,7-8H2,1-3H3,(H,22,30)(H,28,29)/t12-,13?,16-,17+,18-,20+/m1/s1. The molecule has 1 fully saturated rings. The van der Waals surface area contributed by atoms with Crippen LogP contribution in [0.15, 0.2) is 17.0 Å². The average Bonchev–Trinajstić information content (AvgIpc) is 2.78. The Bertz CT molecular complexity index is 867. The molecule has 14 heteroatoms. The number of carbonyl (C=O) groups is 2. The van der Waals surface area contributed by atoms with Gasteiger partial charge in [-0.15, -0.1) is 11.8 Å². The van der Waals surface area contributed by atoms with Crippen LogP contribution in [0.5, 0.6) is 11.5 Å². The fraction of sp³-hybridized carbons (Fsp3) is 0.619. The third-order valence-electron chi connectivity index (χ3n) is 4.74. The Morgan fingerprint density at radius 2 is 1.86 bits per heavy atom. The summed E-state index contributed by atoms with van der Waals surface area (Å²) in [5, 5.41) is 61.8. The molecule has 198 valence electrons. The van der Waals surface area contributed by atoms with E-state index in [0.29, 0.717) is 0 Å². The molecular weight excluding hydrogens is 490 g/mol. The Labute approximate surface area is 205 Å². The number of amides is 1. The Kier molecular flexibility index (Phi) is 10.8. The maximum absolute atomic E-state index is 12.0. The minimum Gasteiger partial charge on any atom is -0.503 e. The van der Waals surface area contributed by atoms with Crippen molar-refractivity contribution in [2.45, 2.75) is 68.6 Å². The van der Waals surface area contributed by atoms with Crippen molar-refractivity contribution in [3.8, 4) is 11.5 Å². The lowest BCUT2D eigenvalue weighted by Crippen LogP contribution is -2.60. The maximum atomic E-state index is 12.0. The van der Waals surface area contributed by atoms with Crippen molar-refractivity contribution < 1.29 is 59.2 Å². The van der Waals surface area contributed by atoms with Crippen LogP contribution < -0.4 is 10.1 Å². The second kappa shape index (κ2) is 13.1. The number of aromatic hydroxyl groups is 1. The van der Waals surface area contributed by atoms with Crippen LogP contribution in [0.2, 0.25) is 0 Å². The van der Waals surface area contributed by atoms with Gasteiger partial charge in [0.15, 0.2) is 23.9 Å². The normalized spacial score (nSPS) is 25.2. The van der Waals surface area contributed by atoms with E-state index in [2.05, 4.69) is 5.32 Å². The highest BCUT2D eigenvalue weighted by molar-refractivity contribution is 7.99. The topological polar surface area (TPSA) is 204 Å². The summed E-state index contributed by atoms with van der Waals surface area (Å²) in [6.07, 6.45) is -10.8. The van der Waals surface area contributed by atoms with Gasteiger partial charge in [-0.05, 0) is 26.8 Å². The summed E-state index contributed by atoms with van der Waals surface area (Å²) in [4.78, 5) is 23.9. The summed E-state index contributed by atoms with van der Waals surface area (Å²) in [6.45, 7) is 4.53. The Morgan fingerprint density at radius 1 is 1.17 bits per heavy atom. The molecule has 35 heavy (non-hydrogen) atoms. The molecule has 13 nitrogen and oxygen atoms in total. The van der Waals surface area contributed by atoms with Gasteiger partial charge in [-0.2, -0.15) is 0 Å². The number of phenolic OH excluding ortho intramolecular Hbond substituents is 1. The number of anilines is 1. The zero-order valence-electron chi connectivity index (χ0n) is 19.4. The van der Waals surface area contributed by atoms with Crippen molar-refractivity contribution in [1.82, 2.24) is 0 Å². The number of aliphatic hydroxyl groups excluding tert-OH is 4. The number of ether oxygens (including phenoxy) is 4. The third kappa shape index (κ3) is 7.83. The van der Waals surface area contributed by atoms with Crippen molar-refractivity contribution in [1.29, 1.82) is 0 Å². The number of hydrogen-bond acceptors (Lipinski definition) is 12. The smallest absolute Gasteiger partial charge is 0.411 e. The van der Waals surface area contributed by atoms with Crippen LogP contribution in [0.3, 0.4) is 0 Å². The van der Waals surface area contributed by atoms with E-state index in [4.69, 9.17) is 18.9 Å². The minimum atomic E-state index is -1.78. The van der Waals surface area contributed by atoms with Crippen LogP contribution >= 0.6 is 11.8 Å². The number of carboxylic acid groups (broad SMARTS) is 1. The fourth-order valence-electron chi connectivity index (χ4n) is 3.07. The molecule has 0 saturated carbocycles. The van der Waals surface area contributed by atoms with Crippen LogP contribution in [0, 0.1) is 0 Å². The molecule has 0 radical (unpaired) electrons. The number of phenols is 1. The van der Waals surface area contributed by atoms with Crippen molar-refractivity contribution >= 4 is 29.5 Å². The van der Waals surface area contributed by atoms with Crippen molar-refractivity contribution in [3.05, 3.63) is 12.1 Å². The second-order valence-electron chi connectivity index (χ2n) is 7.80. The lowest BCUT2D eigenvalue weighted by atomic mass is 9.99. The minimum absolute atomic E-state index is 0.0408. The number of hydrogen-bond donors (Lipinski definition) is 7. The molecule has 1 aromatic rings. The monoisotopic (exact) mass is 521 g/mol. The van der Waals surface area contributed by atoms with Crippen LogP contribution in [-0.2, 0) is 19.0 Å². The molecule has 1 saturated heterocycles. The third-order valence-corrected chi connectivity index (χ3v) is 5.83. The molecular formula is C21H31NO12S. The van der Waals surface area contributed by atoms with Crippen LogP contribution in [0.1, 0.15) is 20.8 Å². The number of carboxylic acids is 1. The molecule has 0 aliphatic carbocycles. The predicted octanol–water partition coefficient (Wildman–Crippen LogP) is 0.110. The predicted molar refractivity (Wildman–Crippen MR) is 122 cm³/mol. The van der Waals surface area contributed by atoms with Crippen LogP contribution in [0.4, 0.5) is 10.5 Å². The quantitative estimate of drug-likeness (QED) is 0.153. The van der Waals surface area contributed by atoms with Crippen molar-refractivity contribution in [3.63, 3.8) is 0 Å². The van der Waals surface area contributed by atoms with Gasteiger partial charge in [0.2, 0.25) is 0 Å². The number of aliphatic hydroxyl groups is 4. The van der Waals surface area contributed by atoms with Crippen molar-refractivity contribution in [2.24, 2.45) is 0 Å². The molecule has 7 N–H and O–H groups in total. The summed E-state index contributed by atoms with van der Waals surface area (Å²) < 4.78 is 20.9. The van der Waals surface area contributed by atoms with Gasteiger partial charge in [0.25, 0.3) is 0 Å². The first-order chi connectivity index (χ1) is 16.5. The molecule has 1 aromatic carbocycles. The van der Waals surface area contributed by atoms with Gasteiger partial charge in [0.05, 0.1) is 24.2 Å². The van der Waals surface area contributed by atoms with E-state index in [9.17, 15) is 40.2 Å². The van der Waals surface area contributed by atoms with E-state index >= 15 is 0 Å². The number of aliphatic carboxylic acids is 1. The summed E-state index contributed by atoms with van der Waals surface area (Å²) in [5.74, 6) is -1.99. The first-order valence-electron chi connectivity index (χ1n) is 10.8. The highest BCUT2D eigenvalue weighted by Crippen LogP contribution is 2.40. The molecule has 0 spiro atoms. The summed E-state index contributed by atoms with van der Waals surface area (Å²) in [5.41, 5.74) is 0.223. The number of benzene rings is 1. The average molecular weight is 522 g/mol. The van der Waals surface area contributed by atoms with E-state index in [1.807, 2.05) is 0 Å². The van der Waals surface area contributed by atoms with Gasteiger partial charge in [-0.1, -0.05) is 0 Å². The Morgan fingerprint density at radius 3 is 2.43 bits per heavy atom. The fourth-order valence-corrected chi connectivity index (χ4v) is 4.07. The molecule has 1 unspecified atom stereocenters. The number of carbonyl (C=O) groups excluding carboxylic acids is 1. The molecule has 1 aliphatic heterocycles. The van der Waals surface area contributed by atoms with Gasteiger partial charge < -0.3 is 49.6 Å². The Hall–Kier alpha value is -2.33. The zero-order valence-corrected chi connectivity index (χ0v) is 20.2. The second-order valence-corrected chi connectivity index (χ2v) is 8.87. The highest BCUT2D eigenvalue weighted by Gasteiger charge is 2.45. The molecule has 0 aromatic heterocycles. The largest absolute Gasteiger partial charge is 0.503 e. The molecule has 6 atom stereocenters. The Balaban J connectivity index is 2.18. The van der Waals surface area contributed by atoms with Gasteiger partial charge >= 0.3 is 12.1 Å². The summed E-state index contributed by atoms with van der Waals surface area (Å²) >= 11 is 0.850. The van der Waals surface area contributed by atoms with E-state index in [-0.39, 0.29) is 40.5 Å². The van der Waals surface area contributed by atoms with E-state index in [0.717, 1.165) is 11.8 Å². The van der Waals surface area contributed by atoms with Gasteiger partial charge in [0, 0.05) is 17.5 Å². The molecule has 1 aliphatic rings. The van der Waals surface area contributed by atoms with E-state index in [1.54, 1.807) is 20.8 Å². The maximum Gasteiger partial charge on any atom is 0.411 e. The van der Waals surface area contributed by atoms with Gasteiger partial charge in [-0.3, -0.25) is 5.32 Å². The van der Waals surface area contributed by atoms with E-state index in [1.165, 1.54) is 12.1 Å². The summed E-state index contributed by atoms with van der Waals surface area (Å²) in [7, 11) is 0. The van der Waals surface area contributed by atoms with Gasteiger partial charge in [0.1, 0.15) is 24.4 Å². The number of nitrogens with one attached hydrogen (secondary N) is 1. The highest BCUT2D eigenvalue weighted by atomic mass is 32.2. The first-order valence-corrected chi connectivity index (χ1v) is 11.8.